The van der Waals surface area contributed by atoms with Crippen molar-refractivity contribution in [1.29, 1.82) is 5.26 Å². The van der Waals surface area contributed by atoms with Gasteiger partial charge in [0.2, 0.25) is 17.6 Å². The van der Waals surface area contributed by atoms with E-state index in [1.807, 2.05) is 6.07 Å². The molecule has 0 spiro atoms. The monoisotopic (exact) mass is 442 g/mol. The van der Waals surface area contributed by atoms with E-state index in [2.05, 4.69) is 21.5 Å². The summed E-state index contributed by atoms with van der Waals surface area (Å²) in [5.74, 6) is 0.699. The lowest BCUT2D eigenvalue weighted by Crippen LogP contribution is -2.12. The topological polar surface area (TPSA) is 101 Å². The lowest BCUT2D eigenvalue weighted by molar-refractivity contribution is -0.116. The van der Waals surface area contributed by atoms with E-state index in [0.29, 0.717) is 40.9 Å². The number of hydrogen-bond acceptors (Lipinski definition) is 6. The van der Waals surface area contributed by atoms with Gasteiger partial charge in [0.05, 0.1) is 11.6 Å². The first-order chi connectivity index (χ1) is 16.1. The predicted octanol–water partition coefficient (Wildman–Crippen LogP) is 4.90. The third kappa shape index (κ3) is 6.02. The van der Waals surface area contributed by atoms with Crippen LogP contribution in [-0.4, -0.2) is 16.0 Å². The van der Waals surface area contributed by atoms with Crippen LogP contribution < -0.4 is 10.1 Å². The van der Waals surface area contributed by atoms with Crippen LogP contribution >= 0.6 is 0 Å². The number of nitrogens with zero attached hydrogens (tertiary/aromatic N) is 3. The minimum Gasteiger partial charge on any atom is -0.489 e. The Morgan fingerprint density at radius 1 is 1.09 bits per heavy atom. The number of ether oxygens (including phenoxy) is 1. The number of nitrogens with one attached hydrogen (secondary N) is 1. The Morgan fingerprint density at radius 2 is 1.91 bits per heavy atom. The van der Waals surface area contributed by atoms with Gasteiger partial charge in [-0.1, -0.05) is 23.4 Å². The SMILES string of the molecule is N#Cc1cccc(COc2cccc(NC(=O)CCc3nc(-c4ccc(F)cc4)no3)c2)c1. The van der Waals surface area contributed by atoms with E-state index in [4.69, 9.17) is 14.5 Å². The van der Waals surface area contributed by atoms with E-state index in [1.54, 1.807) is 54.6 Å². The average Bonchev–Trinajstić information content (AvgIpc) is 3.31. The van der Waals surface area contributed by atoms with Crippen LogP contribution in [0.1, 0.15) is 23.4 Å². The first-order valence-electron chi connectivity index (χ1n) is 10.2. The van der Waals surface area contributed by atoms with Gasteiger partial charge < -0.3 is 14.6 Å². The maximum absolute atomic E-state index is 13.0. The van der Waals surface area contributed by atoms with Crippen molar-refractivity contribution >= 4 is 11.6 Å². The summed E-state index contributed by atoms with van der Waals surface area (Å²) in [5.41, 5.74) is 2.68. The van der Waals surface area contributed by atoms with Crippen molar-refractivity contribution in [2.45, 2.75) is 19.4 Å². The molecule has 164 valence electrons. The number of rotatable bonds is 8. The van der Waals surface area contributed by atoms with Crippen molar-refractivity contribution in [3.8, 4) is 23.2 Å². The molecule has 0 saturated heterocycles. The van der Waals surface area contributed by atoms with Gasteiger partial charge in [0.15, 0.2) is 0 Å². The van der Waals surface area contributed by atoms with Crippen LogP contribution in [0, 0.1) is 17.1 Å². The Hall–Kier alpha value is -4.51. The normalized spacial score (nSPS) is 10.4. The summed E-state index contributed by atoms with van der Waals surface area (Å²) in [5, 5.41) is 15.7. The summed E-state index contributed by atoms with van der Waals surface area (Å²) in [6.45, 7) is 0.306. The molecule has 33 heavy (non-hydrogen) atoms. The smallest absolute Gasteiger partial charge is 0.227 e. The summed E-state index contributed by atoms with van der Waals surface area (Å²) in [7, 11) is 0. The molecule has 0 unspecified atom stereocenters. The molecule has 1 aromatic heterocycles. The summed E-state index contributed by atoms with van der Waals surface area (Å²) in [6, 6.07) is 22.1. The number of aryl methyl sites for hydroxylation is 1. The second-order valence-electron chi connectivity index (χ2n) is 7.20. The molecule has 0 atom stereocenters. The van der Waals surface area contributed by atoms with Gasteiger partial charge in [-0.3, -0.25) is 4.79 Å². The van der Waals surface area contributed by atoms with Crippen molar-refractivity contribution in [2.75, 3.05) is 5.32 Å². The zero-order valence-corrected chi connectivity index (χ0v) is 17.5. The maximum Gasteiger partial charge on any atom is 0.227 e. The van der Waals surface area contributed by atoms with Crippen LogP contribution in [0.5, 0.6) is 5.75 Å². The number of aromatic nitrogens is 2. The largest absolute Gasteiger partial charge is 0.489 e. The number of hydrogen-bond donors (Lipinski definition) is 1. The highest BCUT2D eigenvalue weighted by Gasteiger charge is 2.11. The zero-order chi connectivity index (χ0) is 23.0. The van der Waals surface area contributed by atoms with E-state index < -0.39 is 0 Å². The fraction of sp³-hybridized carbons (Fsp3) is 0.120. The Kier molecular flexibility index (Phi) is 6.71. The molecule has 4 rings (SSSR count). The molecule has 0 fully saturated rings. The molecule has 4 aromatic rings. The fourth-order valence-electron chi connectivity index (χ4n) is 3.08. The summed E-state index contributed by atoms with van der Waals surface area (Å²) < 4.78 is 24.0. The second kappa shape index (κ2) is 10.2. The highest BCUT2D eigenvalue weighted by atomic mass is 19.1. The zero-order valence-electron chi connectivity index (χ0n) is 17.5. The molecule has 8 heteroatoms. The van der Waals surface area contributed by atoms with E-state index in [0.717, 1.165) is 5.56 Å². The van der Waals surface area contributed by atoms with Gasteiger partial charge in [-0.05, 0) is 54.1 Å². The summed E-state index contributed by atoms with van der Waals surface area (Å²) in [6.07, 6.45) is 0.419. The number of halogens is 1. The van der Waals surface area contributed by atoms with E-state index in [9.17, 15) is 9.18 Å². The van der Waals surface area contributed by atoms with Crippen LogP contribution in [0.3, 0.4) is 0 Å². The van der Waals surface area contributed by atoms with Gasteiger partial charge in [-0.25, -0.2) is 4.39 Å². The molecule has 0 radical (unpaired) electrons. The Bertz CT molecular complexity index is 1300. The standard InChI is InChI=1S/C25H19FN4O3/c26-20-9-7-19(8-10-20)25-29-24(33-30-25)12-11-23(31)28-21-5-2-6-22(14-21)32-16-18-4-1-3-17(13-18)15-27/h1-10,13-14H,11-12,16H2,(H,28,31). The average molecular weight is 442 g/mol. The van der Waals surface area contributed by atoms with Crippen molar-refractivity contribution in [2.24, 2.45) is 0 Å². The third-order valence-corrected chi connectivity index (χ3v) is 4.72. The first kappa shape index (κ1) is 21.7. The van der Waals surface area contributed by atoms with Gasteiger partial charge in [-0.15, -0.1) is 0 Å². The van der Waals surface area contributed by atoms with Crippen LogP contribution in [-0.2, 0) is 17.8 Å². The van der Waals surface area contributed by atoms with E-state index in [1.165, 1.54) is 12.1 Å². The maximum atomic E-state index is 13.0. The minimum atomic E-state index is -0.346. The number of carbonyl (C=O) groups excluding carboxylic acids is 1. The third-order valence-electron chi connectivity index (χ3n) is 4.72. The number of amides is 1. The van der Waals surface area contributed by atoms with E-state index in [-0.39, 0.29) is 24.6 Å². The molecular formula is C25H19FN4O3. The van der Waals surface area contributed by atoms with Crippen LogP contribution in [0.25, 0.3) is 11.4 Å². The summed E-state index contributed by atoms with van der Waals surface area (Å²) >= 11 is 0. The molecule has 0 aliphatic heterocycles. The number of anilines is 1. The number of carbonyl (C=O) groups is 1. The molecule has 7 nitrogen and oxygen atoms in total. The molecular weight excluding hydrogens is 423 g/mol. The van der Waals surface area contributed by atoms with Crippen LogP contribution in [0.4, 0.5) is 10.1 Å². The molecule has 1 amide bonds. The fourth-order valence-corrected chi connectivity index (χ4v) is 3.08. The molecule has 3 aromatic carbocycles. The molecule has 1 heterocycles. The molecule has 0 aliphatic carbocycles. The minimum absolute atomic E-state index is 0.150. The first-order valence-corrected chi connectivity index (χ1v) is 10.2. The highest BCUT2D eigenvalue weighted by molar-refractivity contribution is 5.90. The second-order valence-corrected chi connectivity index (χ2v) is 7.20. The van der Waals surface area contributed by atoms with Gasteiger partial charge in [0.25, 0.3) is 0 Å². The van der Waals surface area contributed by atoms with Gasteiger partial charge in [-0.2, -0.15) is 10.2 Å². The van der Waals surface area contributed by atoms with Crippen molar-refractivity contribution in [3.05, 3.63) is 95.6 Å². The van der Waals surface area contributed by atoms with Crippen molar-refractivity contribution < 1.29 is 18.4 Å². The van der Waals surface area contributed by atoms with Gasteiger partial charge >= 0.3 is 0 Å². The Balaban J connectivity index is 1.29. The Labute approximate surface area is 189 Å². The lowest BCUT2D eigenvalue weighted by atomic mass is 10.1. The van der Waals surface area contributed by atoms with Crippen LogP contribution in [0.2, 0.25) is 0 Å². The highest BCUT2D eigenvalue weighted by Crippen LogP contribution is 2.20. The van der Waals surface area contributed by atoms with E-state index >= 15 is 0 Å². The van der Waals surface area contributed by atoms with Crippen LogP contribution in [0.15, 0.2) is 77.3 Å². The number of nitriles is 1. The lowest BCUT2D eigenvalue weighted by Gasteiger charge is -2.09. The molecule has 0 saturated carbocycles. The molecule has 0 aliphatic rings. The summed E-state index contributed by atoms with van der Waals surface area (Å²) in [4.78, 5) is 16.6. The molecule has 0 bridgehead atoms. The Morgan fingerprint density at radius 3 is 2.73 bits per heavy atom. The van der Waals surface area contributed by atoms with Gasteiger partial charge in [0.1, 0.15) is 18.2 Å². The van der Waals surface area contributed by atoms with Crippen molar-refractivity contribution in [3.63, 3.8) is 0 Å². The quantitative estimate of drug-likeness (QED) is 0.417. The molecule has 1 N–H and O–H groups in total. The van der Waals surface area contributed by atoms with Crippen molar-refractivity contribution in [1.82, 2.24) is 10.1 Å². The van der Waals surface area contributed by atoms with Gasteiger partial charge in [0, 0.05) is 30.2 Å². The predicted molar refractivity (Wildman–Crippen MR) is 119 cm³/mol. The number of benzene rings is 3.